The minimum atomic E-state index is -1.06. The number of ketones is 2. The molecule has 6 nitrogen and oxygen atoms in total. The molecule has 0 fully saturated rings. The number of rotatable bonds is 7. The van der Waals surface area contributed by atoms with Gasteiger partial charge in [-0.1, -0.05) is 0 Å². The van der Waals surface area contributed by atoms with Gasteiger partial charge in [0, 0.05) is 11.3 Å². The van der Waals surface area contributed by atoms with Crippen molar-refractivity contribution in [3.8, 4) is 5.75 Å². The van der Waals surface area contributed by atoms with Crippen molar-refractivity contribution in [3.05, 3.63) is 52.6 Å². The Hall–Kier alpha value is -2.96. The van der Waals surface area contributed by atoms with Gasteiger partial charge in [-0.25, -0.2) is 9.18 Å². The molecule has 0 aliphatic rings. The second-order valence-electron chi connectivity index (χ2n) is 6.34. The molecule has 0 bridgehead atoms. The molecule has 1 aromatic heterocycles. The third-order valence-corrected chi connectivity index (χ3v) is 4.16. The Morgan fingerprint density at radius 3 is 2.15 bits per heavy atom. The van der Waals surface area contributed by atoms with Crippen LogP contribution in [0.5, 0.6) is 5.75 Å². The highest BCUT2D eigenvalue weighted by atomic mass is 19.1. The van der Waals surface area contributed by atoms with E-state index in [-0.39, 0.29) is 11.5 Å². The quantitative estimate of drug-likeness (QED) is 0.591. The second-order valence-corrected chi connectivity index (χ2v) is 6.34. The summed E-state index contributed by atoms with van der Waals surface area (Å²) in [6.45, 7) is 7.72. The van der Waals surface area contributed by atoms with E-state index < -0.39 is 29.8 Å². The monoisotopic (exact) mass is 375 g/mol. The van der Waals surface area contributed by atoms with E-state index in [2.05, 4.69) is 4.98 Å². The normalized spacial score (nSPS) is 13.0. The van der Waals surface area contributed by atoms with Gasteiger partial charge in [-0.2, -0.15) is 0 Å². The lowest BCUT2D eigenvalue weighted by Crippen LogP contribution is -2.33. The van der Waals surface area contributed by atoms with Gasteiger partial charge in [0.25, 0.3) is 0 Å². The van der Waals surface area contributed by atoms with Crippen LogP contribution in [0.3, 0.4) is 0 Å². The lowest BCUT2D eigenvalue weighted by Gasteiger charge is -2.17. The molecular weight excluding hydrogens is 353 g/mol. The topological polar surface area (TPSA) is 85.5 Å². The van der Waals surface area contributed by atoms with Crippen molar-refractivity contribution in [2.24, 2.45) is 0 Å². The summed E-state index contributed by atoms with van der Waals surface area (Å²) in [6, 6.07) is 5.20. The molecule has 0 saturated heterocycles. The molecule has 2 rings (SSSR count). The number of carbonyl (C=O) groups is 3. The molecule has 1 N–H and O–H groups in total. The molecule has 144 valence electrons. The number of hydrogen-bond acceptors (Lipinski definition) is 5. The van der Waals surface area contributed by atoms with Crippen molar-refractivity contribution >= 4 is 17.5 Å². The number of carbonyl (C=O) groups excluding carboxylic acids is 3. The molecule has 2 aromatic rings. The minimum Gasteiger partial charge on any atom is -0.479 e. The number of esters is 1. The first-order valence-corrected chi connectivity index (χ1v) is 8.48. The van der Waals surface area contributed by atoms with Crippen molar-refractivity contribution in [3.63, 3.8) is 0 Å². The number of aromatic nitrogens is 1. The van der Waals surface area contributed by atoms with Crippen LogP contribution in [0.1, 0.15) is 52.9 Å². The fourth-order valence-electron chi connectivity index (χ4n) is 2.82. The van der Waals surface area contributed by atoms with Gasteiger partial charge in [0.05, 0.1) is 5.69 Å². The SMILES string of the molecule is CC(=O)c1c(C)[nH]c(C(=O)[C@H](C)OC(=O)[C@H](C)Oc2ccc(F)cc2)c1C. The van der Waals surface area contributed by atoms with Gasteiger partial charge in [-0.3, -0.25) is 9.59 Å². The average Bonchev–Trinajstić information content (AvgIpc) is 2.90. The van der Waals surface area contributed by atoms with Crippen LogP contribution >= 0.6 is 0 Å². The Morgan fingerprint density at radius 1 is 1.04 bits per heavy atom. The van der Waals surface area contributed by atoms with Crippen molar-refractivity contribution in [1.82, 2.24) is 4.98 Å². The Balaban J connectivity index is 2.05. The molecule has 0 radical (unpaired) electrons. The summed E-state index contributed by atoms with van der Waals surface area (Å²) in [7, 11) is 0. The molecule has 1 heterocycles. The summed E-state index contributed by atoms with van der Waals surface area (Å²) in [5.74, 6) is -1.43. The van der Waals surface area contributed by atoms with Crippen LogP contribution in [0.25, 0.3) is 0 Å². The Morgan fingerprint density at radius 2 is 1.63 bits per heavy atom. The van der Waals surface area contributed by atoms with Crippen LogP contribution in [-0.2, 0) is 9.53 Å². The van der Waals surface area contributed by atoms with Crippen LogP contribution < -0.4 is 4.74 Å². The fraction of sp³-hybridized carbons (Fsp3) is 0.350. The molecule has 0 saturated carbocycles. The zero-order chi connectivity index (χ0) is 20.3. The highest BCUT2D eigenvalue weighted by molar-refractivity contribution is 6.05. The number of ether oxygens (including phenoxy) is 2. The third kappa shape index (κ3) is 4.61. The molecule has 0 spiro atoms. The number of aromatic amines is 1. The van der Waals surface area contributed by atoms with Crippen LogP contribution in [0.4, 0.5) is 4.39 Å². The van der Waals surface area contributed by atoms with E-state index in [0.717, 1.165) is 0 Å². The summed E-state index contributed by atoms with van der Waals surface area (Å²) >= 11 is 0. The zero-order valence-corrected chi connectivity index (χ0v) is 15.9. The van der Waals surface area contributed by atoms with E-state index in [0.29, 0.717) is 22.6 Å². The number of H-pyrrole nitrogens is 1. The standard InChI is InChI=1S/C20H22FNO5/c1-10-17(12(3)23)11(2)22-18(10)19(24)13(4)27-20(25)14(5)26-16-8-6-15(21)7-9-16/h6-9,13-14,22H,1-5H3/t13-,14-/m0/s1. The molecule has 2 atom stereocenters. The summed E-state index contributed by atoms with van der Waals surface area (Å²) in [4.78, 5) is 39.4. The maximum Gasteiger partial charge on any atom is 0.347 e. The first-order valence-electron chi connectivity index (χ1n) is 8.48. The van der Waals surface area contributed by atoms with Gasteiger partial charge >= 0.3 is 5.97 Å². The van der Waals surface area contributed by atoms with Crippen molar-refractivity contribution in [1.29, 1.82) is 0 Å². The van der Waals surface area contributed by atoms with Gasteiger partial charge in [-0.05, 0) is 64.4 Å². The number of benzene rings is 1. The van der Waals surface area contributed by atoms with Crippen LogP contribution in [-0.4, -0.2) is 34.7 Å². The van der Waals surface area contributed by atoms with Crippen LogP contribution in [0, 0.1) is 19.7 Å². The average molecular weight is 375 g/mol. The molecule has 27 heavy (non-hydrogen) atoms. The highest BCUT2D eigenvalue weighted by Gasteiger charge is 2.28. The van der Waals surface area contributed by atoms with E-state index in [1.165, 1.54) is 45.0 Å². The van der Waals surface area contributed by atoms with Gasteiger partial charge < -0.3 is 14.5 Å². The summed E-state index contributed by atoms with van der Waals surface area (Å²) in [5.41, 5.74) is 1.83. The number of hydrogen-bond donors (Lipinski definition) is 1. The number of Topliss-reactive ketones (excluding diaryl/α,β-unsaturated/α-hetero) is 2. The Bertz CT molecular complexity index is 869. The summed E-state index contributed by atoms with van der Waals surface area (Å²) < 4.78 is 23.5. The molecule has 1 aromatic carbocycles. The molecular formula is C20H22FNO5. The van der Waals surface area contributed by atoms with E-state index in [1.807, 2.05) is 0 Å². The highest BCUT2D eigenvalue weighted by Crippen LogP contribution is 2.21. The maximum atomic E-state index is 12.9. The van der Waals surface area contributed by atoms with Gasteiger partial charge in [0.2, 0.25) is 5.78 Å². The maximum absolute atomic E-state index is 12.9. The Kier molecular flexibility index (Phi) is 6.15. The predicted molar refractivity (Wildman–Crippen MR) is 96.6 cm³/mol. The predicted octanol–water partition coefficient (Wildman–Crippen LogP) is 3.56. The molecule has 0 amide bonds. The third-order valence-electron chi connectivity index (χ3n) is 4.16. The van der Waals surface area contributed by atoms with Crippen molar-refractivity contribution < 1.29 is 28.2 Å². The molecule has 0 unspecified atom stereocenters. The van der Waals surface area contributed by atoms with E-state index in [1.54, 1.807) is 13.8 Å². The summed E-state index contributed by atoms with van der Waals surface area (Å²) in [5, 5.41) is 0. The smallest absolute Gasteiger partial charge is 0.347 e. The lowest BCUT2D eigenvalue weighted by atomic mass is 10.0. The van der Waals surface area contributed by atoms with E-state index in [4.69, 9.17) is 9.47 Å². The minimum absolute atomic E-state index is 0.147. The first kappa shape index (κ1) is 20.4. The Labute approximate surface area is 156 Å². The number of halogens is 1. The summed E-state index contributed by atoms with van der Waals surface area (Å²) in [6.07, 6.45) is -2.04. The van der Waals surface area contributed by atoms with Crippen LogP contribution in [0.15, 0.2) is 24.3 Å². The second kappa shape index (κ2) is 8.16. The van der Waals surface area contributed by atoms with Gasteiger partial charge in [-0.15, -0.1) is 0 Å². The largest absolute Gasteiger partial charge is 0.479 e. The molecule has 7 heteroatoms. The fourth-order valence-corrected chi connectivity index (χ4v) is 2.82. The zero-order valence-electron chi connectivity index (χ0n) is 15.9. The van der Waals surface area contributed by atoms with Gasteiger partial charge in [0.15, 0.2) is 18.0 Å². The van der Waals surface area contributed by atoms with E-state index >= 15 is 0 Å². The number of aryl methyl sites for hydroxylation is 1. The van der Waals surface area contributed by atoms with Crippen molar-refractivity contribution in [2.75, 3.05) is 0 Å². The first-order chi connectivity index (χ1) is 12.6. The molecule has 0 aliphatic carbocycles. The molecule has 0 aliphatic heterocycles. The van der Waals surface area contributed by atoms with Crippen LogP contribution in [0.2, 0.25) is 0 Å². The number of nitrogens with one attached hydrogen (secondary N) is 1. The van der Waals surface area contributed by atoms with E-state index in [9.17, 15) is 18.8 Å². The van der Waals surface area contributed by atoms with Gasteiger partial charge in [0.1, 0.15) is 11.6 Å². The van der Waals surface area contributed by atoms with Crippen molar-refractivity contribution in [2.45, 2.75) is 46.8 Å². The lowest BCUT2D eigenvalue weighted by molar-refractivity contribution is -0.153.